The van der Waals surface area contributed by atoms with Gasteiger partial charge in [0, 0.05) is 11.9 Å². The van der Waals surface area contributed by atoms with Gasteiger partial charge in [-0.05, 0) is 54.5 Å². The molecule has 0 aliphatic carbocycles. The molecule has 0 saturated carbocycles. The van der Waals surface area contributed by atoms with E-state index in [1.165, 1.54) is 22.8 Å². The van der Waals surface area contributed by atoms with Gasteiger partial charge in [0.2, 0.25) is 5.75 Å². The summed E-state index contributed by atoms with van der Waals surface area (Å²) in [7, 11) is 0. The third-order valence-corrected chi connectivity index (χ3v) is 7.71. The Hall–Kier alpha value is -3.94. The second-order valence-corrected chi connectivity index (χ2v) is 10.7. The van der Waals surface area contributed by atoms with Gasteiger partial charge in [0.25, 0.3) is 0 Å². The first-order chi connectivity index (χ1) is 18.3. The standard InChI is InChI=1S/C30H29F2N3O3/c1-16(2)19-7-4-5-9-23(19)35-29-20(13-22(32)26(33-29)25-21(31)8-6-10-24(25)36)27-28(30(35)37)38-15-18-12-11-17(3)14-34(18)27/h4-10,13,16-18,36H,11-12,14-15H2,1-3H3/t17-,18+/m0/s1. The summed E-state index contributed by atoms with van der Waals surface area (Å²) in [5.41, 5.74) is 1.11. The fourth-order valence-electron chi connectivity index (χ4n) is 5.82. The molecule has 1 N–H and O–H groups in total. The molecular formula is C30H29F2N3O3. The predicted octanol–water partition coefficient (Wildman–Crippen LogP) is 6.16. The molecule has 2 aliphatic rings. The van der Waals surface area contributed by atoms with Gasteiger partial charge in [-0.2, -0.15) is 0 Å². The van der Waals surface area contributed by atoms with Gasteiger partial charge in [-0.1, -0.05) is 45.0 Å². The SMILES string of the molecule is CC(C)c1ccccc1-n1c(=O)c2c(c3cc(F)c(-c4c(O)cccc4F)nc31)N1C[C@@H](C)CC[C@@H]1CO2. The molecule has 38 heavy (non-hydrogen) atoms. The molecule has 1 fully saturated rings. The van der Waals surface area contributed by atoms with Crippen molar-refractivity contribution < 1.29 is 18.6 Å². The number of para-hydroxylation sites is 1. The number of hydrogen-bond acceptors (Lipinski definition) is 5. The normalized spacial score (nSPS) is 18.8. The van der Waals surface area contributed by atoms with Gasteiger partial charge in [-0.15, -0.1) is 0 Å². The minimum Gasteiger partial charge on any atom is -0.507 e. The third-order valence-electron chi connectivity index (χ3n) is 7.71. The van der Waals surface area contributed by atoms with Crippen molar-refractivity contribution in [2.24, 2.45) is 5.92 Å². The lowest BCUT2D eigenvalue weighted by molar-refractivity contribution is 0.222. The maximum Gasteiger partial charge on any atom is 0.301 e. The van der Waals surface area contributed by atoms with E-state index >= 15 is 4.39 Å². The number of aromatic nitrogens is 2. The van der Waals surface area contributed by atoms with E-state index in [0.29, 0.717) is 35.8 Å². The topological polar surface area (TPSA) is 67.6 Å². The summed E-state index contributed by atoms with van der Waals surface area (Å²) in [6.45, 7) is 7.29. The van der Waals surface area contributed by atoms with Gasteiger partial charge in [0.1, 0.15) is 23.9 Å². The fraction of sp³-hybridized carbons (Fsp3) is 0.333. The molecule has 4 aromatic rings. The number of ether oxygens (including phenoxy) is 1. The summed E-state index contributed by atoms with van der Waals surface area (Å²) in [5, 5.41) is 10.8. The van der Waals surface area contributed by atoms with Crippen LogP contribution in [-0.4, -0.2) is 33.9 Å². The smallest absolute Gasteiger partial charge is 0.301 e. The van der Waals surface area contributed by atoms with E-state index in [1.54, 1.807) is 0 Å². The number of halogens is 2. The average molecular weight is 518 g/mol. The quantitative estimate of drug-likeness (QED) is 0.353. The van der Waals surface area contributed by atoms with Crippen molar-refractivity contribution in [1.82, 2.24) is 9.55 Å². The highest BCUT2D eigenvalue weighted by Crippen LogP contribution is 2.43. The van der Waals surface area contributed by atoms with Crippen molar-refractivity contribution in [2.75, 3.05) is 18.1 Å². The second kappa shape index (κ2) is 9.11. The largest absolute Gasteiger partial charge is 0.507 e. The molecule has 2 aromatic heterocycles. The monoisotopic (exact) mass is 517 g/mol. The van der Waals surface area contributed by atoms with Crippen LogP contribution in [0.5, 0.6) is 11.5 Å². The molecule has 0 amide bonds. The first-order valence-corrected chi connectivity index (χ1v) is 13.0. The molecule has 0 radical (unpaired) electrons. The lowest BCUT2D eigenvalue weighted by atomic mass is 9.92. The number of phenols is 1. The Morgan fingerprint density at radius 2 is 1.87 bits per heavy atom. The Morgan fingerprint density at radius 3 is 2.63 bits per heavy atom. The van der Waals surface area contributed by atoms with Gasteiger partial charge in [-0.25, -0.2) is 13.8 Å². The Kier molecular flexibility index (Phi) is 5.85. The van der Waals surface area contributed by atoms with Gasteiger partial charge in [0.15, 0.2) is 11.5 Å². The molecular weight excluding hydrogens is 488 g/mol. The van der Waals surface area contributed by atoms with Crippen LogP contribution in [0.2, 0.25) is 0 Å². The zero-order valence-corrected chi connectivity index (χ0v) is 21.5. The molecule has 196 valence electrons. The molecule has 2 aromatic carbocycles. The average Bonchev–Trinajstić information content (AvgIpc) is 2.89. The Balaban J connectivity index is 1.75. The van der Waals surface area contributed by atoms with Gasteiger partial charge in [0.05, 0.1) is 23.0 Å². The van der Waals surface area contributed by atoms with Crippen molar-refractivity contribution in [3.05, 3.63) is 76.1 Å². The predicted molar refractivity (Wildman–Crippen MR) is 143 cm³/mol. The van der Waals surface area contributed by atoms with Gasteiger partial charge >= 0.3 is 5.56 Å². The summed E-state index contributed by atoms with van der Waals surface area (Å²) in [6.07, 6.45) is 1.94. The van der Waals surface area contributed by atoms with Gasteiger partial charge < -0.3 is 14.7 Å². The van der Waals surface area contributed by atoms with Crippen LogP contribution in [0.15, 0.2) is 53.3 Å². The molecule has 1 saturated heterocycles. The summed E-state index contributed by atoms with van der Waals surface area (Å²) in [5.74, 6) is -1.40. The number of aromatic hydroxyl groups is 1. The van der Waals surface area contributed by atoms with Gasteiger partial charge in [-0.3, -0.25) is 9.36 Å². The third kappa shape index (κ3) is 3.73. The molecule has 0 spiro atoms. The van der Waals surface area contributed by atoms with Crippen LogP contribution < -0.4 is 15.2 Å². The molecule has 6 rings (SSSR count). The zero-order valence-electron chi connectivity index (χ0n) is 21.5. The van der Waals surface area contributed by atoms with Crippen molar-refractivity contribution in [3.63, 3.8) is 0 Å². The van der Waals surface area contributed by atoms with E-state index in [4.69, 9.17) is 4.74 Å². The number of anilines is 1. The van der Waals surface area contributed by atoms with E-state index in [9.17, 15) is 14.3 Å². The van der Waals surface area contributed by atoms with E-state index in [0.717, 1.165) is 24.5 Å². The van der Waals surface area contributed by atoms with Crippen LogP contribution in [0, 0.1) is 17.6 Å². The molecule has 2 atom stereocenters. The molecule has 2 aliphatic heterocycles. The van der Waals surface area contributed by atoms with Crippen LogP contribution in [0.25, 0.3) is 28.0 Å². The molecule has 0 unspecified atom stereocenters. The maximum absolute atomic E-state index is 15.8. The number of fused-ring (bicyclic) bond motifs is 5. The van der Waals surface area contributed by atoms with Crippen LogP contribution in [0.4, 0.5) is 14.5 Å². The van der Waals surface area contributed by atoms with Crippen molar-refractivity contribution in [3.8, 4) is 28.4 Å². The van der Waals surface area contributed by atoms with Crippen LogP contribution in [0.1, 0.15) is 45.1 Å². The molecule has 4 heterocycles. The van der Waals surface area contributed by atoms with E-state index in [-0.39, 0.29) is 34.6 Å². The Bertz CT molecular complexity index is 1610. The van der Waals surface area contributed by atoms with Crippen LogP contribution in [0.3, 0.4) is 0 Å². The van der Waals surface area contributed by atoms with Crippen molar-refractivity contribution in [1.29, 1.82) is 0 Å². The zero-order chi connectivity index (χ0) is 26.7. The molecule has 8 heteroatoms. The molecule has 0 bridgehead atoms. The van der Waals surface area contributed by atoms with E-state index in [2.05, 4.69) is 16.8 Å². The Morgan fingerprint density at radius 1 is 1.08 bits per heavy atom. The van der Waals surface area contributed by atoms with Crippen LogP contribution in [-0.2, 0) is 0 Å². The maximum atomic E-state index is 15.8. The minimum absolute atomic E-state index is 0.0680. The number of nitrogens with zero attached hydrogens (tertiary/aromatic N) is 3. The van der Waals surface area contributed by atoms with E-state index < -0.39 is 22.9 Å². The van der Waals surface area contributed by atoms with Crippen LogP contribution >= 0.6 is 0 Å². The number of piperidine rings is 1. The number of phenolic OH excluding ortho intramolecular Hbond substituents is 1. The Labute approximate surface area is 219 Å². The highest BCUT2D eigenvalue weighted by atomic mass is 19.1. The first-order valence-electron chi connectivity index (χ1n) is 13.0. The lowest BCUT2D eigenvalue weighted by Crippen LogP contribution is -2.50. The first kappa shape index (κ1) is 24.4. The summed E-state index contributed by atoms with van der Waals surface area (Å²) < 4.78 is 38.2. The lowest BCUT2D eigenvalue weighted by Gasteiger charge is -2.44. The minimum atomic E-state index is -0.807. The number of pyridine rings is 2. The summed E-state index contributed by atoms with van der Waals surface area (Å²) >= 11 is 0. The second-order valence-electron chi connectivity index (χ2n) is 10.7. The molecule has 6 nitrogen and oxygen atoms in total. The number of benzene rings is 2. The number of hydrogen-bond donors (Lipinski definition) is 1. The fourth-order valence-corrected chi connectivity index (χ4v) is 5.82. The summed E-state index contributed by atoms with van der Waals surface area (Å²) in [6, 6.07) is 12.6. The highest BCUT2D eigenvalue weighted by Gasteiger charge is 2.37. The van der Waals surface area contributed by atoms with Crippen molar-refractivity contribution >= 4 is 16.7 Å². The van der Waals surface area contributed by atoms with E-state index in [1.807, 2.05) is 38.1 Å². The summed E-state index contributed by atoms with van der Waals surface area (Å²) in [4.78, 5) is 20.9. The number of rotatable bonds is 3. The highest BCUT2D eigenvalue weighted by molar-refractivity contribution is 5.96. The van der Waals surface area contributed by atoms with Crippen molar-refractivity contribution in [2.45, 2.75) is 45.6 Å².